The van der Waals surface area contributed by atoms with Crippen LogP contribution in [0.4, 0.5) is 5.69 Å². The van der Waals surface area contributed by atoms with E-state index in [2.05, 4.69) is 15.6 Å². The fourth-order valence-corrected chi connectivity index (χ4v) is 2.53. The second-order valence-corrected chi connectivity index (χ2v) is 6.38. The highest BCUT2D eigenvalue weighted by atomic mass is 16.2. The Hall–Kier alpha value is -1.91. The van der Waals surface area contributed by atoms with E-state index in [1.54, 1.807) is 12.4 Å². The third-order valence-corrected chi connectivity index (χ3v) is 3.87. The van der Waals surface area contributed by atoms with E-state index in [9.17, 15) is 9.59 Å². The van der Waals surface area contributed by atoms with Gasteiger partial charge in [-0.2, -0.15) is 0 Å². The summed E-state index contributed by atoms with van der Waals surface area (Å²) in [4.78, 5) is 28.4. The summed E-state index contributed by atoms with van der Waals surface area (Å²) in [7, 11) is 0. The van der Waals surface area contributed by atoms with Gasteiger partial charge in [0.25, 0.3) is 0 Å². The Kier molecular flexibility index (Phi) is 3.79. The van der Waals surface area contributed by atoms with Gasteiger partial charge in [-0.25, -0.2) is 0 Å². The molecule has 0 aliphatic carbocycles. The van der Waals surface area contributed by atoms with E-state index in [-0.39, 0.29) is 23.1 Å². The molecule has 5 heteroatoms. The Morgan fingerprint density at radius 1 is 1.45 bits per heavy atom. The van der Waals surface area contributed by atoms with Gasteiger partial charge in [-0.3, -0.25) is 14.6 Å². The van der Waals surface area contributed by atoms with Crippen LogP contribution < -0.4 is 10.6 Å². The summed E-state index contributed by atoms with van der Waals surface area (Å²) in [5, 5.41) is 5.61. The van der Waals surface area contributed by atoms with Crippen LogP contribution in [-0.4, -0.2) is 23.3 Å². The van der Waals surface area contributed by atoms with Crippen molar-refractivity contribution in [3.8, 4) is 0 Å². The van der Waals surface area contributed by atoms with E-state index < -0.39 is 5.92 Å². The van der Waals surface area contributed by atoms with Gasteiger partial charge in [0.15, 0.2) is 0 Å². The number of nitrogens with zero attached hydrogens (tertiary/aromatic N) is 1. The smallest absolute Gasteiger partial charge is 0.237 e. The second-order valence-electron chi connectivity index (χ2n) is 6.38. The third kappa shape index (κ3) is 2.81. The molecular weight excluding hydrogens is 254 g/mol. The third-order valence-electron chi connectivity index (χ3n) is 3.87. The molecule has 5 nitrogen and oxygen atoms in total. The Morgan fingerprint density at radius 2 is 2.15 bits per heavy atom. The van der Waals surface area contributed by atoms with Crippen LogP contribution in [0.3, 0.4) is 0 Å². The Morgan fingerprint density at radius 3 is 2.75 bits per heavy atom. The van der Waals surface area contributed by atoms with Crippen LogP contribution >= 0.6 is 0 Å². The summed E-state index contributed by atoms with van der Waals surface area (Å²) in [6.07, 6.45) is 3.28. The van der Waals surface area contributed by atoms with Crippen molar-refractivity contribution >= 4 is 17.5 Å². The normalized spacial score (nSPS) is 22.5. The van der Waals surface area contributed by atoms with E-state index >= 15 is 0 Å². The van der Waals surface area contributed by atoms with E-state index in [0.29, 0.717) is 12.2 Å². The lowest BCUT2D eigenvalue weighted by Crippen LogP contribution is -2.37. The van der Waals surface area contributed by atoms with Gasteiger partial charge in [0.2, 0.25) is 11.8 Å². The van der Waals surface area contributed by atoms with Crippen LogP contribution in [0.5, 0.6) is 0 Å². The number of anilines is 1. The van der Waals surface area contributed by atoms with Crippen molar-refractivity contribution in [2.45, 2.75) is 27.7 Å². The van der Waals surface area contributed by atoms with E-state index in [1.807, 2.05) is 33.8 Å². The van der Waals surface area contributed by atoms with Gasteiger partial charge < -0.3 is 10.6 Å². The predicted octanol–water partition coefficient (Wildman–Crippen LogP) is 1.74. The van der Waals surface area contributed by atoms with Gasteiger partial charge in [-0.15, -0.1) is 0 Å². The molecule has 1 aromatic rings. The van der Waals surface area contributed by atoms with Crippen molar-refractivity contribution < 1.29 is 9.59 Å². The molecule has 0 aromatic carbocycles. The first-order valence-electron chi connectivity index (χ1n) is 6.80. The average molecular weight is 275 g/mol. The van der Waals surface area contributed by atoms with Gasteiger partial charge >= 0.3 is 0 Å². The molecule has 0 spiro atoms. The van der Waals surface area contributed by atoms with Crippen molar-refractivity contribution in [2.24, 2.45) is 17.3 Å². The van der Waals surface area contributed by atoms with Crippen LogP contribution in [0.2, 0.25) is 0 Å². The first-order chi connectivity index (χ1) is 9.30. The standard InChI is InChI=1S/C15H21N3O2/c1-9-5-6-16-8-11(9)18-14(20)12-10(15(2,3)4)7-17-13(12)19/h5-6,8,10,12H,7H2,1-4H3,(H,17,19)(H,18,20)/t10-,12+/m1/s1. The summed E-state index contributed by atoms with van der Waals surface area (Å²) in [5.74, 6) is -1.10. The van der Waals surface area contributed by atoms with Gasteiger partial charge in [0.1, 0.15) is 5.92 Å². The van der Waals surface area contributed by atoms with Crippen molar-refractivity contribution in [1.29, 1.82) is 0 Å². The molecule has 2 amide bonds. The fraction of sp³-hybridized carbons (Fsp3) is 0.533. The summed E-state index contributed by atoms with van der Waals surface area (Å²) in [6, 6.07) is 1.82. The zero-order chi connectivity index (χ0) is 14.9. The zero-order valence-corrected chi connectivity index (χ0v) is 12.4. The first kappa shape index (κ1) is 14.5. The maximum atomic E-state index is 12.4. The summed E-state index contributed by atoms with van der Waals surface area (Å²) in [5.41, 5.74) is 1.48. The predicted molar refractivity (Wildman–Crippen MR) is 77.0 cm³/mol. The topological polar surface area (TPSA) is 71.1 Å². The molecule has 20 heavy (non-hydrogen) atoms. The molecule has 0 bridgehead atoms. The maximum absolute atomic E-state index is 12.4. The molecular formula is C15H21N3O2. The molecule has 1 fully saturated rings. The van der Waals surface area contributed by atoms with E-state index in [4.69, 9.17) is 0 Å². The minimum Gasteiger partial charge on any atom is -0.355 e. The molecule has 2 heterocycles. The SMILES string of the molecule is Cc1ccncc1NC(=O)[C@@H]1C(=O)NC[C@H]1C(C)(C)C. The molecule has 0 unspecified atom stereocenters. The molecule has 2 rings (SSSR count). The summed E-state index contributed by atoms with van der Waals surface area (Å²) >= 11 is 0. The largest absolute Gasteiger partial charge is 0.355 e. The number of carbonyl (C=O) groups is 2. The number of carbonyl (C=O) groups excluding carboxylic acids is 2. The van der Waals surface area contributed by atoms with Crippen molar-refractivity contribution in [3.05, 3.63) is 24.0 Å². The highest BCUT2D eigenvalue weighted by molar-refractivity contribution is 6.08. The van der Waals surface area contributed by atoms with Gasteiger partial charge in [-0.1, -0.05) is 20.8 Å². The second kappa shape index (κ2) is 5.23. The molecule has 2 atom stereocenters. The Balaban J connectivity index is 2.19. The number of pyridine rings is 1. The zero-order valence-electron chi connectivity index (χ0n) is 12.4. The number of rotatable bonds is 2. The molecule has 1 aliphatic heterocycles. The molecule has 1 saturated heterocycles. The lowest BCUT2D eigenvalue weighted by molar-refractivity contribution is -0.132. The van der Waals surface area contributed by atoms with Crippen molar-refractivity contribution in [2.75, 3.05) is 11.9 Å². The van der Waals surface area contributed by atoms with Crippen LogP contribution in [0.25, 0.3) is 0 Å². The highest BCUT2D eigenvalue weighted by Crippen LogP contribution is 2.35. The lowest BCUT2D eigenvalue weighted by atomic mass is 9.74. The van der Waals surface area contributed by atoms with E-state index in [1.165, 1.54) is 0 Å². The molecule has 2 N–H and O–H groups in total. The Bertz CT molecular complexity index is 534. The number of hydrogen-bond donors (Lipinski definition) is 2. The van der Waals surface area contributed by atoms with Gasteiger partial charge in [0, 0.05) is 18.7 Å². The molecule has 0 radical (unpaired) electrons. The average Bonchev–Trinajstić information content (AvgIpc) is 2.74. The van der Waals surface area contributed by atoms with Crippen LogP contribution in [0, 0.1) is 24.2 Å². The Labute approximate surface area is 119 Å². The molecule has 0 saturated carbocycles. The quantitative estimate of drug-likeness (QED) is 0.808. The number of aryl methyl sites for hydroxylation is 1. The molecule has 1 aliphatic rings. The minimum atomic E-state index is -0.644. The van der Waals surface area contributed by atoms with Crippen molar-refractivity contribution in [1.82, 2.24) is 10.3 Å². The number of aromatic nitrogens is 1. The summed E-state index contributed by atoms with van der Waals surface area (Å²) in [6.45, 7) is 8.59. The summed E-state index contributed by atoms with van der Waals surface area (Å²) < 4.78 is 0. The van der Waals surface area contributed by atoms with Crippen LogP contribution in [0.1, 0.15) is 26.3 Å². The van der Waals surface area contributed by atoms with Crippen LogP contribution in [-0.2, 0) is 9.59 Å². The maximum Gasteiger partial charge on any atom is 0.237 e. The van der Waals surface area contributed by atoms with E-state index in [0.717, 1.165) is 5.56 Å². The highest BCUT2D eigenvalue weighted by Gasteiger charge is 2.45. The van der Waals surface area contributed by atoms with Gasteiger partial charge in [-0.05, 0) is 24.0 Å². The van der Waals surface area contributed by atoms with Crippen LogP contribution in [0.15, 0.2) is 18.5 Å². The fourth-order valence-electron chi connectivity index (χ4n) is 2.53. The molecule has 1 aromatic heterocycles. The number of nitrogens with one attached hydrogen (secondary N) is 2. The lowest BCUT2D eigenvalue weighted by Gasteiger charge is -2.29. The van der Waals surface area contributed by atoms with Crippen molar-refractivity contribution in [3.63, 3.8) is 0 Å². The minimum absolute atomic E-state index is 0.00743. The van der Waals surface area contributed by atoms with Gasteiger partial charge in [0.05, 0.1) is 11.9 Å². The first-order valence-corrected chi connectivity index (χ1v) is 6.80. The number of hydrogen-bond acceptors (Lipinski definition) is 3. The number of amides is 2. The molecule has 108 valence electrons. The monoisotopic (exact) mass is 275 g/mol.